The van der Waals surface area contributed by atoms with Gasteiger partial charge in [0.2, 0.25) is 0 Å². The summed E-state index contributed by atoms with van der Waals surface area (Å²) in [6.45, 7) is 9.45. The van der Waals surface area contributed by atoms with Gasteiger partial charge in [-0.25, -0.2) is 31.6 Å². The number of benzene rings is 4. The van der Waals surface area contributed by atoms with Crippen molar-refractivity contribution in [2.75, 3.05) is 31.7 Å². The van der Waals surface area contributed by atoms with Gasteiger partial charge in [-0.05, 0) is 141 Å². The van der Waals surface area contributed by atoms with Crippen LogP contribution in [0.4, 0.5) is 10.5 Å². The van der Waals surface area contributed by atoms with E-state index in [0.717, 1.165) is 22.3 Å². The van der Waals surface area contributed by atoms with Gasteiger partial charge in [0, 0.05) is 82.4 Å². The number of urea groups is 1. The molecule has 0 spiro atoms. The Kier molecular flexibility index (Phi) is 15.1. The highest BCUT2D eigenvalue weighted by Gasteiger charge is 2.39. The third-order valence-electron chi connectivity index (χ3n) is 12.4. The molecule has 0 fully saturated rings. The van der Waals surface area contributed by atoms with Crippen LogP contribution in [-0.2, 0) is 33.5 Å². The Labute approximate surface area is 430 Å². The molecule has 380 valence electrons. The number of aromatic amines is 2. The highest BCUT2D eigenvalue weighted by Crippen LogP contribution is 2.39. The number of rotatable bonds is 17. The smallest absolute Gasteiger partial charge is 0.500 e. The van der Waals surface area contributed by atoms with Gasteiger partial charge < -0.3 is 43.0 Å². The van der Waals surface area contributed by atoms with E-state index in [0.29, 0.717) is 117 Å². The molecule has 3 aromatic heterocycles. The van der Waals surface area contributed by atoms with Crippen molar-refractivity contribution in [3.63, 3.8) is 0 Å². The third-order valence-corrected chi connectivity index (χ3v) is 17.3. The number of carbonyl (C=O) groups is 1. The van der Waals surface area contributed by atoms with Crippen molar-refractivity contribution >= 4 is 87.1 Å². The number of H-pyrrole nitrogens is 2. The van der Waals surface area contributed by atoms with E-state index in [2.05, 4.69) is 20.6 Å². The van der Waals surface area contributed by atoms with Gasteiger partial charge in [0.05, 0.1) is 32.6 Å². The molecule has 2 amide bonds. The molecule has 2 aliphatic heterocycles. The summed E-state index contributed by atoms with van der Waals surface area (Å²) in [4.78, 5) is 30.2. The Morgan fingerprint density at radius 2 is 0.865 bits per heavy atom. The Morgan fingerprint density at radius 1 is 0.527 bits per heavy atom. The van der Waals surface area contributed by atoms with E-state index < -0.39 is 35.1 Å². The van der Waals surface area contributed by atoms with E-state index >= 15 is 0 Å². The fourth-order valence-electron chi connectivity index (χ4n) is 9.12. The quantitative estimate of drug-likeness (QED) is 0.0378. The first-order valence-electron chi connectivity index (χ1n) is 24.0. The Hall–Kier alpha value is -7.33. The monoisotopic (exact) mass is 1050 g/mol. The summed E-state index contributed by atoms with van der Waals surface area (Å²) in [6.07, 6.45) is 8.13. The van der Waals surface area contributed by atoms with Crippen molar-refractivity contribution in [2.24, 2.45) is 0 Å². The van der Waals surface area contributed by atoms with Crippen molar-refractivity contribution in [3.05, 3.63) is 150 Å². The van der Waals surface area contributed by atoms with Gasteiger partial charge in [0.15, 0.2) is 0 Å². The van der Waals surface area contributed by atoms with Gasteiger partial charge in [-0.3, -0.25) is 0 Å². The molecule has 4 N–H and O–H groups in total. The lowest BCUT2D eigenvalue weighted by Gasteiger charge is -2.28. The second-order valence-electron chi connectivity index (χ2n) is 17.4. The summed E-state index contributed by atoms with van der Waals surface area (Å²) in [5, 5.41) is 5.84. The normalized spacial score (nSPS) is 12.6. The van der Waals surface area contributed by atoms with Crippen LogP contribution < -0.4 is 10.6 Å². The lowest BCUT2D eigenvalue weighted by molar-refractivity contribution is 0.0708. The molecule has 8 bridgehead atoms. The first-order chi connectivity index (χ1) is 35.6. The lowest BCUT2D eigenvalue weighted by Crippen LogP contribution is -2.46. The maximum absolute atomic E-state index is 13.2. The lowest BCUT2D eigenvalue weighted by atomic mass is 10.0. The fraction of sp³-hybridized carbons (Fsp3) is 0.182. The number of anilines is 1. The van der Waals surface area contributed by atoms with Crippen LogP contribution >= 0.6 is 0 Å². The van der Waals surface area contributed by atoms with E-state index in [9.17, 15) is 30.7 Å². The number of amides is 2. The minimum atomic E-state index is -4.73. The van der Waals surface area contributed by atoms with Crippen molar-refractivity contribution in [1.29, 1.82) is 0 Å². The SMILES string of the molecule is CCO[Si](CCCNC(=O)Nc1ccc(-c2c3nc(c(-c4ccc(S(=O)(=O)[O-])cc4)c4ccc([nH]4)c(-c4ccc(C)cc4)c4nc(c(-c5ccc(S(=O)(=O)[O-])cc5)c5ccc2[nH]5)C=C4)C=C3)cc1)(OCC)OCC. The Bertz CT molecular complexity index is 3620. The molecule has 5 heterocycles. The van der Waals surface area contributed by atoms with Crippen molar-refractivity contribution in [3.8, 4) is 44.5 Å². The largest absolute Gasteiger partial charge is 0.744 e. The summed E-state index contributed by atoms with van der Waals surface area (Å²) in [6, 6.07) is 34.6. The minimum absolute atomic E-state index is 0.364. The molecule has 0 radical (unpaired) electrons. The average molecular weight is 1050 g/mol. The zero-order valence-electron chi connectivity index (χ0n) is 40.9. The van der Waals surface area contributed by atoms with Crippen LogP contribution in [0.5, 0.6) is 0 Å². The van der Waals surface area contributed by atoms with E-state index in [-0.39, 0.29) is 9.79 Å². The zero-order chi connectivity index (χ0) is 52.2. The summed E-state index contributed by atoms with van der Waals surface area (Å²) in [7, 11) is -12.3. The van der Waals surface area contributed by atoms with E-state index in [1.807, 2.05) is 113 Å². The number of hydrogen-bond donors (Lipinski definition) is 4. The van der Waals surface area contributed by atoms with Crippen LogP contribution in [0.1, 0.15) is 55.5 Å². The summed E-state index contributed by atoms with van der Waals surface area (Å²) in [5.74, 6) is 0. The standard InChI is InChI=1S/C55H54N6O10S2Si/c1-5-69-74(70-6-2,71-7-3)34-8-33-56-55(62)57-40-19-13-37(14-20-40)52-45-27-31-49(60-45)53(38-15-21-41(22-16-38)72(63,64)65)47-29-25-43(58-47)51(36-11-9-35(4)10-12-36)44-26-30-48(59-44)54(50-32-28-46(52)61-50)39-17-23-42(24-18-39)73(66,67)68/h9-32,58,61H,5-8,33-34H2,1-4H3,(H2,56,57,62)(H,63,64,65)(H,66,67,68)/p-2. The highest BCUT2D eigenvalue weighted by molar-refractivity contribution is 7.86. The number of fused-ring (bicyclic) bond motifs is 8. The third kappa shape index (κ3) is 11.2. The summed E-state index contributed by atoms with van der Waals surface area (Å²) < 4.78 is 90.2. The second kappa shape index (κ2) is 21.6. The fourth-order valence-corrected chi connectivity index (χ4v) is 12.7. The van der Waals surface area contributed by atoms with Crippen molar-refractivity contribution in [2.45, 2.75) is 50.0 Å². The Morgan fingerprint density at radius 3 is 1.20 bits per heavy atom. The van der Waals surface area contributed by atoms with Gasteiger partial charge in [0.25, 0.3) is 0 Å². The molecule has 9 rings (SSSR count). The van der Waals surface area contributed by atoms with Gasteiger partial charge in [0.1, 0.15) is 20.2 Å². The molecule has 0 aliphatic carbocycles. The van der Waals surface area contributed by atoms with Crippen LogP contribution in [0.25, 0.3) is 90.9 Å². The highest BCUT2D eigenvalue weighted by atomic mass is 32.2. The number of aromatic nitrogens is 4. The number of nitrogens with one attached hydrogen (secondary N) is 4. The van der Waals surface area contributed by atoms with Crippen molar-refractivity contribution in [1.82, 2.24) is 25.3 Å². The maximum Gasteiger partial charge on any atom is 0.500 e. The van der Waals surface area contributed by atoms with Crippen LogP contribution in [0.2, 0.25) is 6.04 Å². The number of carbonyl (C=O) groups excluding carboxylic acids is 1. The Balaban J connectivity index is 1.21. The van der Waals surface area contributed by atoms with Gasteiger partial charge in [-0.1, -0.05) is 66.2 Å². The molecule has 0 saturated heterocycles. The molecule has 0 unspecified atom stereocenters. The minimum Gasteiger partial charge on any atom is -0.744 e. The molecule has 0 atom stereocenters. The number of hydrogen-bond acceptors (Lipinski definition) is 12. The summed E-state index contributed by atoms with van der Waals surface area (Å²) >= 11 is 0. The number of aryl methyl sites for hydroxylation is 1. The first kappa shape index (κ1) is 51.6. The molecule has 19 heteroatoms. The predicted molar refractivity (Wildman–Crippen MR) is 288 cm³/mol. The van der Waals surface area contributed by atoms with Gasteiger partial charge >= 0.3 is 14.8 Å². The van der Waals surface area contributed by atoms with E-state index in [1.54, 1.807) is 36.4 Å². The number of nitrogens with zero attached hydrogens (tertiary/aromatic N) is 2. The molecule has 4 aromatic carbocycles. The maximum atomic E-state index is 13.2. The summed E-state index contributed by atoms with van der Waals surface area (Å²) in [5.41, 5.74) is 12.0. The van der Waals surface area contributed by atoms with Crippen LogP contribution in [0.3, 0.4) is 0 Å². The zero-order valence-corrected chi connectivity index (χ0v) is 43.5. The second-order valence-corrected chi connectivity index (χ2v) is 22.9. The topological polar surface area (TPSA) is 241 Å². The molecule has 2 aliphatic rings. The van der Waals surface area contributed by atoms with Gasteiger partial charge in [-0.2, -0.15) is 0 Å². The van der Waals surface area contributed by atoms with Crippen LogP contribution in [0.15, 0.2) is 131 Å². The molecule has 7 aromatic rings. The molecule has 0 saturated carbocycles. The molecular formula is C55H52N6O10S2Si-2. The molecular weight excluding hydrogens is 997 g/mol. The van der Waals surface area contributed by atoms with Crippen molar-refractivity contribution < 1.29 is 44.0 Å². The van der Waals surface area contributed by atoms with E-state index in [4.69, 9.17) is 23.2 Å². The van der Waals surface area contributed by atoms with Crippen LogP contribution in [-0.4, -0.2) is 87.1 Å². The van der Waals surface area contributed by atoms with E-state index in [1.165, 1.54) is 24.3 Å². The van der Waals surface area contributed by atoms with Gasteiger partial charge in [-0.15, -0.1) is 0 Å². The first-order valence-corrected chi connectivity index (χ1v) is 28.7. The average Bonchev–Trinajstić information content (AvgIpc) is 4.23. The molecule has 16 nitrogen and oxygen atoms in total. The predicted octanol–water partition coefficient (Wildman–Crippen LogP) is 11.0. The van der Waals surface area contributed by atoms with Crippen LogP contribution in [0, 0.1) is 6.92 Å². The molecule has 74 heavy (non-hydrogen) atoms.